The number of ether oxygens (including phenoxy) is 1. The van der Waals surface area contributed by atoms with E-state index in [-0.39, 0.29) is 5.91 Å². The first kappa shape index (κ1) is 15.5. The van der Waals surface area contributed by atoms with Gasteiger partial charge in [0.15, 0.2) is 6.10 Å². The number of para-hydroxylation sites is 1. The van der Waals surface area contributed by atoms with Gasteiger partial charge in [-0.25, -0.2) is 4.79 Å². The molecule has 108 valence electrons. The number of nitrogens with one attached hydrogen (secondary N) is 1. The highest BCUT2D eigenvalue weighted by atomic mass is 127. The van der Waals surface area contributed by atoms with Crippen molar-refractivity contribution in [2.45, 2.75) is 13.0 Å². The first-order valence-corrected chi connectivity index (χ1v) is 7.47. The van der Waals surface area contributed by atoms with Crippen molar-refractivity contribution >= 4 is 40.2 Å². The molecule has 0 aliphatic rings. The van der Waals surface area contributed by atoms with Crippen LogP contribution < -0.4 is 5.32 Å². The second kappa shape index (κ2) is 7.21. The fourth-order valence-electron chi connectivity index (χ4n) is 1.67. The smallest absolute Gasteiger partial charge is 0.339 e. The molecule has 1 N–H and O–H groups in total. The minimum Gasteiger partial charge on any atom is -0.449 e. The second-order valence-electron chi connectivity index (χ2n) is 4.38. The van der Waals surface area contributed by atoms with Crippen LogP contribution in [0, 0.1) is 3.57 Å². The van der Waals surface area contributed by atoms with Crippen LogP contribution in [0.3, 0.4) is 0 Å². The molecule has 0 aromatic heterocycles. The molecule has 2 aromatic rings. The third kappa shape index (κ3) is 4.29. The second-order valence-corrected chi connectivity index (χ2v) is 5.54. The fourth-order valence-corrected chi connectivity index (χ4v) is 2.28. The van der Waals surface area contributed by atoms with E-state index < -0.39 is 12.1 Å². The molecule has 0 radical (unpaired) electrons. The highest BCUT2D eigenvalue weighted by Crippen LogP contribution is 2.14. The first-order valence-electron chi connectivity index (χ1n) is 6.39. The number of esters is 1. The van der Waals surface area contributed by atoms with E-state index in [1.807, 2.05) is 30.3 Å². The van der Waals surface area contributed by atoms with E-state index in [1.165, 1.54) is 0 Å². The van der Waals surface area contributed by atoms with Crippen molar-refractivity contribution in [2.24, 2.45) is 0 Å². The van der Waals surface area contributed by atoms with Crippen LogP contribution in [-0.4, -0.2) is 18.0 Å². The van der Waals surface area contributed by atoms with Crippen LogP contribution in [0.2, 0.25) is 0 Å². The SMILES string of the molecule is C[C@H](OC(=O)c1ccccc1I)C(=O)Nc1ccccc1. The lowest BCUT2D eigenvalue weighted by atomic mass is 10.2. The Balaban J connectivity index is 1.98. The third-order valence-corrected chi connectivity index (χ3v) is 3.73. The van der Waals surface area contributed by atoms with Gasteiger partial charge in [-0.15, -0.1) is 0 Å². The summed E-state index contributed by atoms with van der Waals surface area (Å²) in [6.45, 7) is 1.55. The Bertz CT molecular complexity index is 643. The summed E-state index contributed by atoms with van der Waals surface area (Å²) in [7, 11) is 0. The molecule has 0 aliphatic carbocycles. The average Bonchev–Trinajstić information content (AvgIpc) is 2.48. The highest BCUT2D eigenvalue weighted by Gasteiger charge is 2.20. The van der Waals surface area contributed by atoms with Gasteiger partial charge >= 0.3 is 5.97 Å². The average molecular weight is 395 g/mol. The molecule has 2 aromatic carbocycles. The summed E-state index contributed by atoms with van der Waals surface area (Å²) in [5, 5.41) is 2.70. The standard InChI is InChI=1S/C16H14INO3/c1-11(15(19)18-12-7-3-2-4-8-12)21-16(20)13-9-5-6-10-14(13)17/h2-11H,1H3,(H,18,19)/t11-/m0/s1. The van der Waals surface area contributed by atoms with Crippen molar-refractivity contribution in [2.75, 3.05) is 5.32 Å². The van der Waals surface area contributed by atoms with E-state index in [9.17, 15) is 9.59 Å². The summed E-state index contributed by atoms with van der Waals surface area (Å²) in [5.41, 5.74) is 1.12. The molecule has 0 heterocycles. The summed E-state index contributed by atoms with van der Waals surface area (Å²) in [6, 6.07) is 16.1. The zero-order valence-electron chi connectivity index (χ0n) is 11.4. The summed E-state index contributed by atoms with van der Waals surface area (Å²) >= 11 is 2.06. The molecule has 5 heteroatoms. The number of hydrogen-bond acceptors (Lipinski definition) is 3. The van der Waals surface area contributed by atoms with Gasteiger partial charge in [-0.3, -0.25) is 4.79 Å². The van der Waals surface area contributed by atoms with Gasteiger partial charge in [0.25, 0.3) is 5.91 Å². The monoisotopic (exact) mass is 395 g/mol. The fraction of sp³-hybridized carbons (Fsp3) is 0.125. The predicted octanol–water partition coefficient (Wildman–Crippen LogP) is 3.48. The number of carbonyl (C=O) groups excluding carboxylic acids is 2. The van der Waals surface area contributed by atoms with Crippen LogP contribution in [0.1, 0.15) is 17.3 Å². The minimum atomic E-state index is -0.867. The quantitative estimate of drug-likeness (QED) is 0.637. The van der Waals surface area contributed by atoms with Crippen molar-refractivity contribution in [1.29, 1.82) is 0 Å². The summed E-state index contributed by atoms with van der Waals surface area (Å²) in [6.07, 6.45) is -0.867. The van der Waals surface area contributed by atoms with Crippen LogP contribution >= 0.6 is 22.6 Å². The lowest BCUT2D eigenvalue weighted by molar-refractivity contribution is -0.123. The molecule has 0 unspecified atom stereocenters. The number of rotatable bonds is 4. The minimum absolute atomic E-state index is 0.361. The molecule has 0 aliphatic heterocycles. The van der Waals surface area contributed by atoms with Gasteiger partial charge in [-0.2, -0.15) is 0 Å². The van der Waals surface area contributed by atoms with Gasteiger partial charge < -0.3 is 10.1 Å². The van der Waals surface area contributed by atoms with Gasteiger partial charge in [0.05, 0.1) is 5.56 Å². The molecule has 21 heavy (non-hydrogen) atoms. The molecule has 0 bridgehead atoms. The van der Waals surface area contributed by atoms with Crippen LogP contribution in [0.15, 0.2) is 54.6 Å². The Hall–Kier alpha value is -1.89. The molecule has 0 fully saturated rings. The molecule has 0 spiro atoms. The van der Waals surface area contributed by atoms with Gasteiger partial charge in [0, 0.05) is 9.26 Å². The van der Waals surface area contributed by atoms with E-state index in [0.29, 0.717) is 11.3 Å². The van der Waals surface area contributed by atoms with Gasteiger partial charge in [0.1, 0.15) is 0 Å². The largest absolute Gasteiger partial charge is 0.449 e. The van der Waals surface area contributed by atoms with Crippen molar-refractivity contribution < 1.29 is 14.3 Å². The Morgan fingerprint density at radius 2 is 1.67 bits per heavy atom. The maximum absolute atomic E-state index is 12.0. The number of anilines is 1. The molecule has 1 atom stereocenters. The maximum atomic E-state index is 12.0. The molecule has 0 saturated carbocycles. The number of halogens is 1. The van der Waals surface area contributed by atoms with Crippen LogP contribution in [0.5, 0.6) is 0 Å². The van der Waals surface area contributed by atoms with Crippen molar-refractivity contribution in [3.05, 3.63) is 63.7 Å². The van der Waals surface area contributed by atoms with E-state index in [0.717, 1.165) is 3.57 Å². The van der Waals surface area contributed by atoms with E-state index in [4.69, 9.17) is 4.74 Å². The molecule has 2 rings (SSSR count). The van der Waals surface area contributed by atoms with Crippen LogP contribution in [0.25, 0.3) is 0 Å². The molecular weight excluding hydrogens is 381 g/mol. The summed E-state index contributed by atoms with van der Waals surface area (Å²) in [5.74, 6) is -0.865. The number of hydrogen-bond donors (Lipinski definition) is 1. The highest BCUT2D eigenvalue weighted by molar-refractivity contribution is 14.1. The van der Waals surface area contributed by atoms with E-state index >= 15 is 0 Å². The third-order valence-electron chi connectivity index (χ3n) is 2.79. The molecule has 0 saturated heterocycles. The molecule has 4 nitrogen and oxygen atoms in total. The first-order chi connectivity index (χ1) is 10.1. The van der Waals surface area contributed by atoms with Gasteiger partial charge in [-0.05, 0) is 53.8 Å². The number of benzene rings is 2. The predicted molar refractivity (Wildman–Crippen MR) is 89.1 cm³/mol. The lowest BCUT2D eigenvalue weighted by Crippen LogP contribution is -2.30. The van der Waals surface area contributed by atoms with Crippen LogP contribution in [0.4, 0.5) is 5.69 Å². The number of carbonyl (C=O) groups is 2. The van der Waals surface area contributed by atoms with E-state index in [1.54, 1.807) is 31.2 Å². The zero-order valence-corrected chi connectivity index (χ0v) is 13.5. The van der Waals surface area contributed by atoms with Crippen LogP contribution in [-0.2, 0) is 9.53 Å². The van der Waals surface area contributed by atoms with Crippen molar-refractivity contribution in [1.82, 2.24) is 0 Å². The molecular formula is C16H14INO3. The van der Waals surface area contributed by atoms with Crippen molar-refractivity contribution in [3.8, 4) is 0 Å². The number of amides is 1. The lowest BCUT2D eigenvalue weighted by Gasteiger charge is -2.14. The van der Waals surface area contributed by atoms with Gasteiger partial charge in [0.2, 0.25) is 0 Å². The summed E-state index contributed by atoms with van der Waals surface area (Å²) < 4.78 is 5.98. The topological polar surface area (TPSA) is 55.4 Å². The normalized spacial score (nSPS) is 11.5. The Kier molecular flexibility index (Phi) is 5.32. The Labute approximate surface area is 136 Å². The molecule has 1 amide bonds. The van der Waals surface area contributed by atoms with E-state index in [2.05, 4.69) is 27.9 Å². The Morgan fingerprint density at radius 3 is 2.33 bits per heavy atom. The zero-order chi connectivity index (χ0) is 15.2. The van der Waals surface area contributed by atoms with Gasteiger partial charge in [-0.1, -0.05) is 30.3 Å². The van der Waals surface area contributed by atoms with Crippen molar-refractivity contribution in [3.63, 3.8) is 0 Å². The summed E-state index contributed by atoms with van der Waals surface area (Å²) in [4.78, 5) is 24.0. The maximum Gasteiger partial charge on any atom is 0.339 e. The Morgan fingerprint density at radius 1 is 1.05 bits per heavy atom.